The van der Waals surface area contributed by atoms with Crippen LogP contribution in [0.2, 0.25) is 0 Å². The number of rotatable bonds is 5. The van der Waals surface area contributed by atoms with Crippen molar-refractivity contribution < 1.29 is 9.47 Å². The van der Waals surface area contributed by atoms with Crippen molar-refractivity contribution >= 4 is 31.9 Å². The summed E-state index contributed by atoms with van der Waals surface area (Å²) in [5.74, 6) is 0.928. The Morgan fingerprint density at radius 2 is 2.06 bits per heavy atom. The average molecular weight is 364 g/mol. The summed E-state index contributed by atoms with van der Waals surface area (Å²) in [4.78, 5) is 0. The molecule has 2 nitrogen and oxygen atoms in total. The van der Waals surface area contributed by atoms with E-state index in [4.69, 9.17) is 9.47 Å². The SMILES string of the molecule is BrCC1(CCOc2ccc(Br)cc2)CCOC1. The van der Waals surface area contributed by atoms with Gasteiger partial charge in [0.05, 0.1) is 13.2 Å². The van der Waals surface area contributed by atoms with Crippen molar-refractivity contribution in [2.24, 2.45) is 5.41 Å². The molecule has 1 aromatic carbocycles. The minimum absolute atomic E-state index is 0.273. The fourth-order valence-electron chi connectivity index (χ4n) is 1.94. The fourth-order valence-corrected chi connectivity index (χ4v) is 2.92. The zero-order valence-electron chi connectivity index (χ0n) is 9.62. The molecule has 1 aliphatic rings. The highest BCUT2D eigenvalue weighted by molar-refractivity contribution is 9.10. The maximum Gasteiger partial charge on any atom is 0.119 e. The van der Waals surface area contributed by atoms with Crippen molar-refractivity contribution in [3.8, 4) is 5.75 Å². The Hall–Kier alpha value is -0.0600. The monoisotopic (exact) mass is 362 g/mol. The standard InChI is InChI=1S/C13H16Br2O2/c14-9-13(5-7-16-10-13)6-8-17-12-3-1-11(15)2-4-12/h1-4H,5-10H2. The van der Waals surface area contributed by atoms with E-state index in [0.717, 1.165) is 48.2 Å². The summed E-state index contributed by atoms with van der Waals surface area (Å²) in [7, 11) is 0. The van der Waals surface area contributed by atoms with Crippen LogP contribution in [-0.4, -0.2) is 25.2 Å². The third-order valence-electron chi connectivity index (χ3n) is 3.18. The topological polar surface area (TPSA) is 18.5 Å². The van der Waals surface area contributed by atoms with Gasteiger partial charge in [0, 0.05) is 21.8 Å². The molecule has 1 fully saturated rings. The number of halogens is 2. The molecular weight excluding hydrogens is 348 g/mol. The summed E-state index contributed by atoms with van der Waals surface area (Å²) in [6.45, 7) is 2.47. The van der Waals surface area contributed by atoms with Crippen molar-refractivity contribution in [2.45, 2.75) is 12.8 Å². The lowest BCUT2D eigenvalue weighted by molar-refractivity contribution is 0.144. The van der Waals surface area contributed by atoms with Gasteiger partial charge in [-0.2, -0.15) is 0 Å². The molecule has 0 saturated carbocycles. The highest BCUT2D eigenvalue weighted by Crippen LogP contribution is 2.34. The van der Waals surface area contributed by atoms with Crippen LogP contribution in [0.4, 0.5) is 0 Å². The molecule has 2 rings (SSSR count). The predicted molar refractivity (Wildman–Crippen MR) is 75.9 cm³/mol. The van der Waals surface area contributed by atoms with E-state index in [1.54, 1.807) is 0 Å². The van der Waals surface area contributed by atoms with Gasteiger partial charge in [0.2, 0.25) is 0 Å². The van der Waals surface area contributed by atoms with E-state index < -0.39 is 0 Å². The summed E-state index contributed by atoms with van der Waals surface area (Å²) in [5.41, 5.74) is 0.273. The Morgan fingerprint density at radius 1 is 1.29 bits per heavy atom. The molecule has 0 aromatic heterocycles. The van der Waals surface area contributed by atoms with Gasteiger partial charge in [-0.05, 0) is 37.1 Å². The minimum Gasteiger partial charge on any atom is -0.494 e. The Morgan fingerprint density at radius 3 is 2.65 bits per heavy atom. The van der Waals surface area contributed by atoms with E-state index in [-0.39, 0.29) is 5.41 Å². The molecule has 0 radical (unpaired) electrons. The van der Waals surface area contributed by atoms with Crippen LogP contribution >= 0.6 is 31.9 Å². The maximum absolute atomic E-state index is 5.75. The molecular formula is C13H16Br2O2. The number of hydrogen-bond donors (Lipinski definition) is 0. The molecule has 1 atom stereocenters. The van der Waals surface area contributed by atoms with E-state index in [1.165, 1.54) is 0 Å². The van der Waals surface area contributed by atoms with Gasteiger partial charge in [0.1, 0.15) is 5.75 Å². The smallest absolute Gasteiger partial charge is 0.119 e. The first-order valence-electron chi connectivity index (χ1n) is 5.76. The molecule has 0 bridgehead atoms. The lowest BCUT2D eigenvalue weighted by Gasteiger charge is -2.24. The van der Waals surface area contributed by atoms with E-state index in [0.29, 0.717) is 0 Å². The summed E-state index contributed by atoms with van der Waals surface area (Å²) in [5, 5.41) is 0.990. The normalized spacial score (nSPS) is 23.9. The summed E-state index contributed by atoms with van der Waals surface area (Å²) in [6, 6.07) is 7.95. The Balaban J connectivity index is 1.80. The Bertz CT molecular complexity index is 345. The molecule has 0 spiro atoms. The molecule has 1 aromatic rings. The van der Waals surface area contributed by atoms with Crippen LogP contribution in [0, 0.1) is 5.41 Å². The molecule has 94 valence electrons. The number of alkyl halides is 1. The fraction of sp³-hybridized carbons (Fsp3) is 0.538. The maximum atomic E-state index is 5.75. The molecule has 0 aliphatic carbocycles. The Labute approximate surface area is 119 Å². The van der Waals surface area contributed by atoms with Crippen molar-refractivity contribution in [3.63, 3.8) is 0 Å². The van der Waals surface area contributed by atoms with Gasteiger partial charge in [-0.1, -0.05) is 31.9 Å². The zero-order valence-corrected chi connectivity index (χ0v) is 12.8. The van der Waals surface area contributed by atoms with E-state index in [1.807, 2.05) is 24.3 Å². The second kappa shape index (κ2) is 6.21. The van der Waals surface area contributed by atoms with Crippen molar-refractivity contribution in [1.29, 1.82) is 0 Å². The van der Waals surface area contributed by atoms with Gasteiger partial charge in [-0.3, -0.25) is 0 Å². The van der Waals surface area contributed by atoms with E-state index in [9.17, 15) is 0 Å². The lowest BCUT2D eigenvalue weighted by atomic mass is 9.87. The van der Waals surface area contributed by atoms with Crippen LogP contribution in [0.1, 0.15) is 12.8 Å². The first-order chi connectivity index (χ1) is 8.24. The number of benzene rings is 1. The molecule has 1 unspecified atom stereocenters. The zero-order chi connectivity index (χ0) is 12.1. The van der Waals surface area contributed by atoms with E-state index >= 15 is 0 Å². The van der Waals surface area contributed by atoms with Gasteiger partial charge in [0.25, 0.3) is 0 Å². The Kier molecular flexibility index (Phi) is 4.88. The average Bonchev–Trinajstić information content (AvgIpc) is 2.81. The van der Waals surface area contributed by atoms with Gasteiger partial charge in [0.15, 0.2) is 0 Å². The van der Waals surface area contributed by atoms with Gasteiger partial charge < -0.3 is 9.47 Å². The summed E-state index contributed by atoms with van der Waals surface area (Å²) in [6.07, 6.45) is 2.16. The van der Waals surface area contributed by atoms with Crippen LogP contribution in [-0.2, 0) is 4.74 Å². The molecule has 17 heavy (non-hydrogen) atoms. The molecule has 0 amide bonds. The first-order valence-corrected chi connectivity index (χ1v) is 7.68. The largest absolute Gasteiger partial charge is 0.494 e. The van der Waals surface area contributed by atoms with Crippen molar-refractivity contribution in [1.82, 2.24) is 0 Å². The van der Waals surface area contributed by atoms with Crippen LogP contribution < -0.4 is 4.74 Å². The van der Waals surface area contributed by atoms with E-state index in [2.05, 4.69) is 31.9 Å². The van der Waals surface area contributed by atoms with Gasteiger partial charge in [-0.25, -0.2) is 0 Å². The summed E-state index contributed by atoms with van der Waals surface area (Å²) >= 11 is 7.00. The highest BCUT2D eigenvalue weighted by Gasteiger charge is 2.33. The predicted octanol–water partition coefficient (Wildman–Crippen LogP) is 4.02. The second-order valence-electron chi connectivity index (χ2n) is 4.49. The van der Waals surface area contributed by atoms with Gasteiger partial charge >= 0.3 is 0 Å². The van der Waals surface area contributed by atoms with Crippen LogP contribution in [0.25, 0.3) is 0 Å². The van der Waals surface area contributed by atoms with Crippen LogP contribution in [0.15, 0.2) is 28.7 Å². The van der Waals surface area contributed by atoms with Crippen LogP contribution in [0.5, 0.6) is 5.75 Å². The van der Waals surface area contributed by atoms with Crippen molar-refractivity contribution in [3.05, 3.63) is 28.7 Å². The van der Waals surface area contributed by atoms with Crippen LogP contribution in [0.3, 0.4) is 0 Å². The third kappa shape index (κ3) is 3.70. The highest BCUT2D eigenvalue weighted by atomic mass is 79.9. The van der Waals surface area contributed by atoms with Crippen molar-refractivity contribution in [2.75, 3.05) is 25.2 Å². The summed E-state index contributed by atoms with van der Waals surface area (Å²) < 4.78 is 12.3. The minimum atomic E-state index is 0.273. The lowest BCUT2D eigenvalue weighted by Crippen LogP contribution is -2.25. The number of hydrogen-bond acceptors (Lipinski definition) is 2. The first kappa shape index (κ1) is 13.4. The molecule has 1 heterocycles. The molecule has 0 N–H and O–H groups in total. The third-order valence-corrected chi connectivity index (χ3v) is 4.90. The number of ether oxygens (including phenoxy) is 2. The molecule has 1 saturated heterocycles. The quantitative estimate of drug-likeness (QED) is 0.735. The molecule has 4 heteroatoms. The second-order valence-corrected chi connectivity index (χ2v) is 5.97. The molecule has 1 aliphatic heterocycles. The van der Waals surface area contributed by atoms with Gasteiger partial charge in [-0.15, -0.1) is 0 Å².